The van der Waals surface area contributed by atoms with E-state index in [0.717, 1.165) is 11.5 Å². The fourth-order valence-electron chi connectivity index (χ4n) is 3.21. The van der Waals surface area contributed by atoms with Gasteiger partial charge in [0.15, 0.2) is 11.2 Å². The van der Waals surface area contributed by atoms with Crippen molar-refractivity contribution in [3.63, 3.8) is 0 Å². The second kappa shape index (κ2) is 17.2. The molecule has 3 heterocycles. The van der Waals surface area contributed by atoms with E-state index in [9.17, 15) is 14.4 Å². The Kier molecular flexibility index (Phi) is 14.8. The quantitative estimate of drug-likeness (QED) is 0.0708. The molecule has 1 saturated heterocycles. The lowest BCUT2D eigenvalue weighted by atomic mass is 10.2. The van der Waals surface area contributed by atoms with Gasteiger partial charge in [0.2, 0.25) is 5.88 Å². The summed E-state index contributed by atoms with van der Waals surface area (Å²) in [6.45, 7) is 12.2. The van der Waals surface area contributed by atoms with Crippen LogP contribution in [-0.2, 0) is 44.7 Å². The summed E-state index contributed by atoms with van der Waals surface area (Å²) >= 11 is 8.32. The summed E-state index contributed by atoms with van der Waals surface area (Å²) in [4.78, 5) is 40.2. The highest BCUT2D eigenvalue weighted by Gasteiger charge is 2.30. The predicted octanol–water partition coefficient (Wildman–Crippen LogP) is 5.47. The van der Waals surface area contributed by atoms with Crippen LogP contribution in [0.5, 0.6) is 5.88 Å². The molecule has 1 fully saturated rings. The number of rotatable bonds is 12. The maximum atomic E-state index is 12.0. The number of carbonyl (C=O) groups excluding carboxylic acids is 3. The minimum absolute atomic E-state index is 0.0462. The molecule has 0 bridgehead atoms. The molecule has 0 spiro atoms. The van der Waals surface area contributed by atoms with Crippen molar-refractivity contribution in [1.29, 1.82) is 0 Å². The molecule has 0 atom stereocenters. The molecule has 2 aromatic rings. The van der Waals surface area contributed by atoms with Gasteiger partial charge in [0.05, 0.1) is 47.5 Å². The molecule has 0 N–H and O–H groups in total. The van der Waals surface area contributed by atoms with Gasteiger partial charge in [0.25, 0.3) is 0 Å². The minimum atomic E-state index is -2.91. The van der Waals surface area contributed by atoms with Gasteiger partial charge in [-0.2, -0.15) is 0 Å². The van der Waals surface area contributed by atoms with Crippen LogP contribution in [0.25, 0.3) is 5.65 Å². The van der Waals surface area contributed by atoms with E-state index in [1.807, 2.05) is 13.8 Å². The fourth-order valence-corrected chi connectivity index (χ4v) is 7.70. The topological polar surface area (TPSA) is 137 Å². The maximum absolute atomic E-state index is 12.0. The monoisotopic (exact) mass is 663 g/mol. The first-order chi connectivity index (χ1) is 19.8. The van der Waals surface area contributed by atoms with E-state index in [1.165, 1.54) is 28.0 Å². The van der Waals surface area contributed by atoms with Crippen molar-refractivity contribution in [2.45, 2.75) is 67.6 Å². The molecular formula is C26H38N3O9PS3. The maximum Gasteiger partial charge on any atom is 0.381 e. The van der Waals surface area contributed by atoms with Crippen LogP contribution in [-0.4, -0.2) is 76.0 Å². The Balaban J connectivity index is 0.000000307. The van der Waals surface area contributed by atoms with E-state index in [-0.39, 0.29) is 30.3 Å². The van der Waals surface area contributed by atoms with Gasteiger partial charge in [-0.25, -0.2) is 23.9 Å². The van der Waals surface area contributed by atoms with Crippen molar-refractivity contribution >= 4 is 65.6 Å². The highest BCUT2D eigenvalue weighted by molar-refractivity contribution is 8.25. The summed E-state index contributed by atoms with van der Waals surface area (Å²) < 4.78 is 33.9. The van der Waals surface area contributed by atoms with Gasteiger partial charge in [0.1, 0.15) is 0 Å². The van der Waals surface area contributed by atoms with E-state index < -0.39 is 24.6 Å². The Morgan fingerprint density at radius 3 is 2.00 bits per heavy atom. The summed E-state index contributed by atoms with van der Waals surface area (Å²) in [5.41, 5.74) is 1.45. The van der Waals surface area contributed by atoms with Gasteiger partial charge in [-0.3, -0.25) is 9.05 Å². The van der Waals surface area contributed by atoms with Crippen molar-refractivity contribution in [2.24, 2.45) is 0 Å². The number of hydrogen-bond donors (Lipinski definition) is 0. The van der Waals surface area contributed by atoms with Gasteiger partial charge < -0.3 is 18.7 Å². The normalized spacial score (nSPS) is 13.1. The highest BCUT2D eigenvalue weighted by Crippen LogP contribution is 2.49. The number of aromatic nitrogens is 3. The Morgan fingerprint density at radius 1 is 0.976 bits per heavy atom. The number of ether oxygens (including phenoxy) is 3. The van der Waals surface area contributed by atoms with Crippen LogP contribution < -0.4 is 4.52 Å². The minimum Gasteiger partial charge on any atom is -0.462 e. The second-order valence-corrected chi connectivity index (χ2v) is 14.3. The summed E-state index contributed by atoms with van der Waals surface area (Å²) in [6.07, 6.45) is 1.04. The van der Waals surface area contributed by atoms with E-state index >= 15 is 0 Å². The number of aryl methyl sites for hydroxylation is 1. The van der Waals surface area contributed by atoms with Crippen LogP contribution in [0, 0.1) is 6.92 Å². The average molecular weight is 664 g/mol. The zero-order valence-electron chi connectivity index (χ0n) is 25.0. The Morgan fingerprint density at radius 2 is 1.52 bits per heavy atom. The first-order valence-electron chi connectivity index (χ1n) is 13.4. The summed E-state index contributed by atoms with van der Waals surface area (Å²) in [5, 5.41) is 4.23. The third kappa shape index (κ3) is 10.8. The molecule has 42 heavy (non-hydrogen) atoms. The molecule has 234 valence electrons. The SMILES string of the molecule is CC(C)OC(=O)C(C(=O)OC(C)C)=C1SCCS1.CCOC(=O)c1cn2nc(OP(=S)(OCC)OCC)cc2nc1C. The molecule has 12 nitrogen and oxygen atoms in total. The third-order valence-corrected chi connectivity index (χ3v) is 9.87. The van der Waals surface area contributed by atoms with Crippen LogP contribution in [0.2, 0.25) is 0 Å². The van der Waals surface area contributed by atoms with E-state index in [4.69, 9.17) is 39.6 Å². The predicted molar refractivity (Wildman–Crippen MR) is 166 cm³/mol. The van der Waals surface area contributed by atoms with E-state index in [0.29, 0.717) is 34.4 Å². The number of hydrogen-bond acceptors (Lipinski definition) is 14. The van der Waals surface area contributed by atoms with Crippen LogP contribution in [0.4, 0.5) is 0 Å². The number of nitrogens with zero attached hydrogens (tertiary/aromatic N) is 3. The summed E-state index contributed by atoms with van der Waals surface area (Å²) in [5.74, 6) is 0.394. The lowest BCUT2D eigenvalue weighted by molar-refractivity contribution is -0.150. The Labute approximate surface area is 259 Å². The van der Waals surface area contributed by atoms with Crippen molar-refractivity contribution in [3.05, 3.63) is 33.3 Å². The zero-order valence-corrected chi connectivity index (χ0v) is 28.4. The molecule has 16 heteroatoms. The molecule has 2 aromatic heterocycles. The fraction of sp³-hybridized carbons (Fsp3) is 0.577. The Hall–Kier alpha value is -2.16. The zero-order chi connectivity index (χ0) is 31.4. The first-order valence-corrected chi connectivity index (χ1v) is 17.9. The molecule has 0 aromatic carbocycles. The van der Waals surface area contributed by atoms with E-state index in [1.54, 1.807) is 53.8 Å². The lowest BCUT2D eigenvalue weighted by Crippen LogP contribution is -2.23. The molecule has 1 aliphatic heterocycles. The molecule has 0 unspecified atom stereocenters. The van der Waals surface area contributed by atoms with Crippen LogP contribution in [0.15, 0.2) is 22.1 Å². The molecule has 0 aliphatic carbocycles. The Bertz CT molecular complexity index is 1290. The smallest absolute Gasteiger partial charge is 0.381 e. The average Bonchev–Trinajstić information content (AvgIpc) is 3.53. The number of thioether (sulfide) groups is 2. The third-order valence-electron chi connectivity index (χ3n) is 4.74. The van der Waals surface area contributed by atoms with Crippen molar-refractivity contribution in [3.8, 4) is 5.88 Å². The van der Waals surface area contributed by atoms with Gasteiger partial charge in [-0.15, -0.1) is 28.6 Å². The van der Waals surface area contributed by atoms with Crippen molar-refractivity contribution in [1.82, 2.24) is 14.6 Å². The van der Waals surface area contributed by atoms with Crippen LogP contribution >= 0.6 is 30.2 Å². The van der Waals surface area contributed by atoms with Crippen molar-refractivity contribution in [2.75, 3.05) is 31.3 Å². The van der Waals surface area contributed by atoms with Gasteiger partial charge in [-0.1, -0.05) is 0 Å². The van der Waals surface area contributed by atoms with Gasteiger partial charge in [-0.05, 0) is 55.4 Å². The van der Waals surface area contributed by atoms with Crippen LogP contribution in [0.1, 0.15) is 64.5 Å². The molecule has 0 radical (unpaired) electrons. The van der Waals surface area contributed by atoms with E-state index in [2.05, 4.69) is 10.1 Å². The van der Waals surface area contributed by atoms with Crippen LogP contribution in [0.3, 0.4) is 0 Å². The summed E-state index contributed by atoms with van der Waals surface area (Å²) in [6, 6.07) is 1.61. The van der Waals surface area contributed by atoms with Gasteiger partial charge >= 0.3 is 24.6 Å². The molecule has 0 saturated carbocycles. The second-order valence-electron chi connectivity index (χ2n) is 8.89. The van der Waals surface area contributed by atoms with Gasteiger partial charge in [0, 0.05) is 35.6 Å². The molecule has 0 amide bonds. The molecule has 1 aliphatic rings. The molecular weight excluding hydrogens is 625 g/mol. The van der Waals surface area contributed by atoms with Crippen molar-refractivity contribution < 1.29 is 42.2 Å². The first kappa shape index (κ1) is 36.0. The summed E-state index contributed by atoms with van der Waals surface area (Å²) in [7, 11) is 0. The standard InChI is InChI=1S/C14H20N3O5PS.C12H18O4S2/c1-5-19-14(18)11-9-17-12(15-10(11)4)8-13(16-17)22-23(24,20-6-2)21-7-3;1-7(2)15-10(13)9(11(14)16-8(3)4)12-17-5-6-18-12/h8-9H,5-7H2,1-4H3;7-8H,5-6H2,1-4H3. The molecule has 3 rings (SSSR count). The number of fused-ring (bicyclic) bond motifs is 1. The highest BCUT2D eigenvalue weighted by atomic mass is 32.5. The lowest BCUT2D eigenvalue weighted by Gasteiger charge is -2.19. The largest absolute Gasteiger partial charge is 0.462 e. The number of esters is 3. The number of carbonyl (C=O) groups is 3.